The van der Waals surface area contributed by atoms with Gasteiger partial charge in [0, 0.05) is 24.0 Å². The van der Waals surface area contributed by atoms with Gasteiger partial charge in [-0.05, 0) is 45.0 Å². The highest BCUT2D eigenvalue weighted by atomic mass is 16.6. The van der Waals surface area contributed by atoms with E-state index in [1.54, 1.807) is 30.9 Å². The van der Waals surface area contributed by atoms with E-state index in [0.29, 0.717) is 39.6 Å². The van der Waals surface area contributed by atoms with Gasteiger partial charge in [-0.3, -0.25) is 4.98 Å². The third kappa shape index (κ3) is 3.53. The molecular weight excluding hydrogens is 408 g/mol. The number of para-hydroxylation sites is 1. The number of hydrogen-bond donors (Lipinski definition) is 1. The predicted octanol–water partition coefficient (Wildman–Crippen LogP) is 5.16. The minimum atomic E-state index is -0.613. The molecule has 160 valence electrons. The Morgan fingerprint density at radius 2 is 1.88 bits per heavy atom. The average Bonchev–Trinajstić information content (AvgIpc) is 3.36. The summed E-state index contributed by atoms with van der Waals surface area (Å²) in [6.07, 6.45) is 7.61. The van der Waals surface area contributed by atoms with Crippen LogP contribution in [0.15, 0.2) is 65.9 Å². The van der Waals surface area contributed by atoms with Gasteiger partial charge in [0.15, 0.2) is 17.2 Å². The number of carbonyl (C=O) groups is 1. The molecule has 4 heterocycles. The van der Waals surface area contributed by atoms with Crippen LogP contribution >= 0.6 is 0 Å². The van der Waals surface area contributed by atoms with Gasteiger partial charge < -0.3 is 14.5 Å². The molecule has 0 aliphatic carbocycles. The van der Waals surface area contributed by atoms with Crippen molar-refractivity contribution in [2.75, 3.05) is 5.32 Å². The van der Waals surface area contributed by atoms with E-state index in [9.17, 15) is 4.79 Å². The lowest BCUT2D eigenvalue weighted by Gasteiger charge is -2.19. The van der Waals surface area contributed by atoms with Crippen molar-refractivity contribution >= 4 is 39.5 Å². The summed E-state index contributed by atoms with van der Waals surface area (Å²) in [7, 11) is 0. The first-order valence-electron chi connectivity index (χ1n) is 10.0. The quantitative estimate of drug-likeness (QED) is 0.420. The van der Waals surface area contributed by atoms with Gasteiger partial charge in [-0.1, -0.05) is 6.07 Å². The number of anilines is 2. The maximum absolute atomic E-state index is 12.6. The minimum Gasteiger partial charge on any atom is -0.449 e. The van der Waals surface area contributed by atoms with Crippen LogP contribution in [0.4, 0.5) is 16.2 Å². The van der Waals surface area contributed by atoms with Crippen LogP contribution in [-0.2, 0) is 4.74 Å². The Bertz CT molecular complexity index is 1430. The van der Waals surface area contributed by atoms with Crippen molar-refractivity contribution in [3.05, 3.63) is 61.4 Å². The molecule has 0 spiro atoms. The van der Waals surface area contributed by atoms with E-state index in [4.69, 9.17) is 9.15 Å². The number of benzene rings is 1. The molecule has 0 unspecified atom stereocenters. The van der Waals surface area contributed by atoms with Crippen molar-refractivity contribution in [1.29, 1.82) is 0 Å². The van der Waals surface area contributed by atoms with Crippen LogP contribution in [0, 0.1) is 0 Å². The van der Waals surface area contributed by atoms with Gasteiger partial charge in [-0.25, -0.2) is 24.3 Å². The largest absolute Gasteiger partial charge is 0.449 e. The maximum atomic E-state index is 12.6. The predicted molar refractivity (Wildman–Crippen MR) is 120 cm³/mol. The fourth-order valence-electron chi connectivity index (χ4n) is 3.38. The van der Waals surface area contributed by atoms with Crippen molar-refractivity contribution in [1.82, 2.24) is 24.5 Å². The zero-order valence-electron chi connectivity index (χ0n) is 17.7. The molecule has 5 rings (SSSR count). The lowest BCUT2D eigenvalue weighted by atomic mass is 10.2. The van der Waals surface area contributed by atoms with Crippen LogP contribution in [0.1, 0.15) is 20.8 Å². The number of aromatic nitrogens is 5. The molecule has 4 aromatic heterocycles. The van der Waals surface area contributed by atoms with Crippen molar-refractivity contribution < 1.29 is 13.9 Å². The number of rotatable bonds is 3. The SMILES string of the molecule is CC(C)(C)OC(=O)n1cnc2c(Nc3c(-c4ncccn4)oc4cnccc34)cccc21. The summed E-state index contributed by atoms with van der Waals surface area (Å²) in [6.45, 7) is 5.47. The summed E-state index contributed by atoms with van der Waals surface area (Å²) in [5, 5.41) is 4.23. The summed E-state index contributed by atoms with van der Waals surface area (Å²) in [6, 6.07) is 9.13. The van der Waals surface area contributed by atoms with Crippen molar-refractivity contribution in [2.24, 2.45) is 0 Å². The number of nitrogens with zero attached hydrogens (tertiary/aromatic N) is 5. The second-order valence-corrected chi connectivity index (χ2v) is 8.14. The highest BCUT2D eigenvalue weighted by molar-refractivity contribution is 6.02. The molecule has 0 radical (unpaired) electrons. The smallest absolute Gasteiger partial charge is 0.420 e. The zero-order chi connectivity index (χ0) is 22.3. The number of imidazole rings is 1. The minimum absolute atomic E-state index is 0.442. The molecule has 1 N–H and O–H groups in total. The molecule has 5 aromatic rings. The molecule has 0 aliphatic heterocycles. The molecular formula is C23H20N6O3. The molecule has 9 nitrogen and oxygen atoms in total. The molecule has 32 heavy (non-hydrogen) atoms. The van der Waals surface area contributed by atoms with Gasteiger partial charge in [-0.2, -0.15) is 0 Å². The second-order valence-electron chi connectivity index (χ2n) is 8.14. The molecule has 1 aromatic carbocycles. The lowest BCUT2D eigenvalue weighted by Crippen LogP contribution is -2.26. The average molecular weight is 428 g/mol. The molecule has 9 heteroatoms. The third-order valence-electron chi connectivity index (χ3n) is 4.69. The normalized spacial score (nSPS) is 11.7. The van der Waals surface area contributed by atoms with Gasteiger partial charge in [0.2, 0.25) is 0 Å². The molecule has 0 bridgehead atoms. The Balaban J connectivity index is 1.61. The first-order valence-corrected chi connectivity index (χ1v) is 10.0. The fraction of sp³-hybridized carbons (Fsp3) is 0.174. The summed E-state index contributed by atoms with van der Waals surface area (Å²) in [4.78, 5) is 29.9. The van der Waals surface area contributed by atoms with Crippen molar-refractivity contribution in [3.63, 3.8) is 0 Å². The van der Waals surface area contributed by atoms with Crippen LogP contribution < -0.4 is 5.32 Å². The molecule has 0 aliphatic rings. The highest BCUT2D eigenvalue weighted by Crippen LogP contribution is 2.39. The Kier molecular flexibility index (Phi) is 4.58. The Labute approximate surface area is 183 Å². The topological polar surface area (TPSA) is 108 Å². The molecule has 0 saturated heterocycles. The first kappa shape index (κ1) is 19.7. The molecule has 0 amide bonds. The standard InChI is InChI=1S/C23H20N6O3/c1-23(2,3)32-22(30)29-13-27-19-15(6-4-7-16(19)29)28-18-14-8-11-24-12-17(14)31-20(18)21-25-9-5-10-26-21/h4-13,28H,1-3H3. The lowest BCUT2D eigenvalue weighted by molar-refractivity contribution is 0.0543. The van der Waals surface area contributed by atoms with Gasteiger partial charge in [0.25, 0.3) is 0 Å². The van der Waals surface area contributed by atoms with E-state index in [1.165, 1.54) is 10.9 Å². The van der Waals surface area contributed by atoms with E-state index in [2.05, 4.69) is 25.3 Å². The van der Waals surface area contributed by atoms with Crippen LogP contribution in [-0.4, -0.2) is 36.2 Å². The first-order chi connectivity index (χ1) is 15.4. The third-order valence-corrected chi connectivity index (χ3v) is 4.69. The van der Waals surface area contributed by atoms with Gasteiger partial charge >= 0.3 is 6.09 Å². The number of fused-ring (bicyclic) bond motifs is 2. The highest BCUT2D eigenvalue weighted by Gasteiger charge is 2.22. The van der Waals surface area contributed by atoms with Gasteiger partial charge in [-0.15, -0.1) is 0 Å². The molecule has 0 saturated carbocycles. The summed E-state index contributed by atoms with van der Waals surface area (Å²) >= 11 is 0. The number of carbonyl (C=O) groups excluding carboxylic acids is 1. The Morgan fingerprint density at radius 1 is 1.06 bits per heavy atom. The fourth-order valence-corrected chi connectivity index (χ4v) is 3.38. The Hall–Kier alpha value is -4.27. The maximum Gasteiger partial charge on any atom is 0.420 e. The van der Waals surface area contributed by atoms with E-state index in [0.717, 1.165) is 5.39 Å². The van der Waals surface area contributed by atoms with Crippen LogP contribution in [0.2, 0.25) is 0 Å². The van der Waals surface area contributed by atoms with Crippen molar-refractivity contribution in [3.8, 4) is 11.6 Å². The van der Waals surface area contributed by atoms with E-state index in [1.807, 2.05) is 45.0 Å². The van der Waals surface area contributed by atoms with E-state index in [-0.39, 0.29) is 0 Å². The second kappa shape index (κ2) is 7.45. The summed E-state index contributed by atoms with van der Waals surface area (Å²) in [5.41, 5.74) is 2.61. The van der Waals surface area contributed by atoms with Crippen LogP contribution in [0.25, 0.3) is 33.6 Å². The number of nitrogens with one attached hydrogen (secondary N) is 1. The van der Waals surface area contributed by atoms with E-state index < -0.39 is 11.7 Å². The van der Waals surface area contributed by atoms with Crippen LogP contribution in [0.5, 0.6) is 0 Å². The van der Waals surface area contributed by atoms with Gasteiger partial charge in [0.05, 0.1) is 23.1 Å². The number of pyridine rings is 1. The zero-order valence-corrected chi connectivity index (χ0v) is 17.7. The number of ether oxygens (including phenoxy) is 1. The Morgan fingerprint density at radius 3 is 2.66 bits per heavy atom. The molecule has 0 atom stereocenters. The van der Waals surface area contributed by atoms with Gasteiger partial charge in [0.1, 0.15) is 17.4 Å². The summed E-state index contributed by atoms with van der Waals surface area (Å²) < 4.78 is 12.9. The van der Waals surface area contributed by atoms with E-state index >= 15 is 0 Å². The number of furan rings is 1. The number of hydrogen-bond acceptors (Lipinski definition) is 8. The monoisotopic (exact) mass is 428 g/mol. The summed E-state index contributed by atoms with van der Waals surface area (Å²) in [5.74, 6) is 0.926. The van der Waals surface area contributed by atoms with Crippen molar-refractivity contribution in [2.45, 2.75) is 26.4 Å². The molecule has 0 fully saturated rings. The van der Waals surface area contributed by atoms with Crippen LogP contribution in [0.3, 0.4) is 0 Å².